The van der Waals surface area contributed by atoms with E-state index in [-0.39, 0.29) is 11.4 Å². The highest BCUT2D eigenvalue weighted by atomic mass is 32.1. The average molecular weight is 333 g/mol. The molecule has 118 valence electrons. The molecule has 4 nitrogen and oxygen atoms in total. The Labute approximate surface area is 135 Å². The summed E-state index contributed by atoms with van der Waals surface area (Å²) in [5, 5.41) is 2.72. The van der Waals surface area contributed by atoms with E-state index in [4.69, 9.17) is 12.2 Å². The Balaban J connectivity index is 1.73. The van der Waals surface area contributed by atoms with Crippen LogP contribution in [0.5, 0.6) is 0 Å². The summed E-state index contributed by atoms with van der Waals surface area (Å²) in [6, 6.07) is 8.49. The van der Waals surface area contributed by atoms with Gasteiger partial charge in [0.15, 0.2) is 4.77 Å². The maximum absolute atomic E-state index is 13.6. The van der Waals surface area contributed by atoms with Crippen LogP contribution in [0, 0.1) is 16.4 Å². The normalized spacial score (nSPS) is 10.9. The molecule has 0 saturated carbocycles. The maximum atomic E-state index is 13.6. The zero-order chi connectivity index (χ0) is 16.4. The van der Waals surface area contributed by atoms with Crippen molar-refractivity contribution in [3.8, 4) is 0 Å². The van der Waals surface area contributed by atoms with Crippen LogP contribution in [-0.2, 0) is 6.42 Å². The summed E-state index contributed by atoms with van der Waals surface area (Å²) >= 11 is 4.97. The summed E-state index contributed by atoms with van der Waals surface area (Å²) < 4.78 is 26.8. The molecule has 0 spiro atoms. The number of nitrogens with one attached hydrogen (secondary N) is 3. The van der Waals surface area contributed by atoms with Crippen LogP contribution < -0.4 is 5.32 Å². The maximum Gasteiger partial charge on any atom is 0.253 e. The number of halogens is 2. The summed E-state index contributed by atoms with van der Waals surface area (Å²) in [6.45, 7) is 0.355. The molecular weight excluding hydrogens is 320 g/mol. The Bertz CT molecular complexity index is 915. The Morgan fingerprint density at radius 1 is 1.09 bits per heavy atom. The summed E-state index contributed by atoms with van der Waals surface area (Å²) in [6.07, 6.45) is 0.549. The van der Waals surface area contributed by atoms with Gasteiger partial charge in [-0.15, -0.1) is 0 Å². The van der Waals surface area contributed by atoms with Crippen molar-refractivity contribution in [3.05, 3.63) is 63.9 Å². The van der Waals surface area contributed by atoms with Crippen LogP contribution >= 0.6 is 12.2 Å². The van der Waals surface area contributed by atoms with Crippen molar-refractivity contribution in [2.75, 3.05) is 6.54 Å². The van der Waals surface area contributed by atoms with Crippen LogP contribution in [0.4, 0.5) is 8.78 Å². The van der Waals surface area contributed by atoms with Crippen LogP contribution in [0.25, 0.3) is 11.0 Å². The van der Waals surface area contributed by atoms with Gasteiger partial charge in [-0.2, -0.15) is 0 Å². The number of benzene rings is 2. The van der Waals surface area contributed by atoms with E-state index in [2.05, 4.69) is 15.3 Å². The van der Waals surface area contributed by atoms with Gasteiger partial charge < -0.3 is 15.3 Å². The lowest BCUT2D eigenvalue weighted by Crippen LogP contribution is -2.26. The third-order valence-electron chi connectivity index (χ3n) is 3.45. The van der Waals surface area contributed by atoms with E-state index >= 15 is 0 Å². The molecule has 1 aromatic heterocycles. The molecule has 0 atom stereocenters. The molecule has 3 rings (SSSR count). The molecule has 0 aliphatic heterocycles. The van der Waals surface area contributed by atoms with Crippen molar-refractivity contribution in [3.63, 3.8) is 0 Å². The molecule has 0 radical (unpaired) electrons. The van der Waals surface area contributed by atoms with Crippen molar-refractivity contribution in [2.24, 2.45) is 0 Å². The van der Waals surface area contributed by atoms with Crippen molar-refractivity contribution in [2.45, 2.75) is 6.42 Å². The monoisotopic (exact) mass is 333 g/mol. The first-order valence-corrected chi connectivity index (χ1v) is 7.38. The molecule has 0 aliphatic rings. The van der Waals surface area contributed by atoms with E-state index in [1.807, 2.05) is 0 Å². The number of fused-ring (bicyclic) bond motifs is 1. The zero-order valence-corrected chi connectivity index (χ0v) is 12.8. The standard InChI is InChI=1S/C16H13F2N3OS/c17-10-3-1-9(2-4-10)5-6-19-15(22)12-7-11(18)8-13-14(12)21-16(23)20-13/h1-4,7-8H,5-6H2,(H,19,22)(H2,20,21,23). The number of imidazole rings is 1. The van der Waals surface area contributed by atoms with Gasteiger partial charge in [0.1, 0.15) is 11.6 Å². The van der Waals surface area contributed by atoms with E-state index < -0.39 is 11.7 Å². The van der Waals surface area contributed by atoms with Crippen LogP contribution in [0.2, 0.25) is 0 Å². The molecule has 0 fully saturated rings. The van der Waals surface area contributed by atoms with Gasteiger partial charge in [0, 0.05) is 6.54 Å². The van der Waals surface area contributed by atoms with Gasteiger partial charge in [0.2, 0.25) is 0 Å². The quantitative estimate of drug-likeness (QED) is 0.640. The minimum atomic E-state index is -0.522. The van der Waals surface area contributed by atoms with Gasteiger partial charge in [-0.3, -0.25) is 4.79 Å². The van der Waals surface area contributed by atoms with Crippen LogP contribution in [0.3, 0.4) is 0 Å². The number of aromatic amines is 2. The van der Waals surface area contributed by atoms with Gasteiger partial charge in [-0.05, 0) is 48.5 Å². The molecule has 2 aromatic carbocycles. The Hall–Kier alpha value is -2.54. The Morgan fingerprint density at radius 2 is 1.83 bits per heavy atom. The van der Waals surface area contributed by atoms with Crippen molar-refractivity contribution < 1.29 is 13.6 Å². The van der Waals surface area contributed by atoms with Crippen molar-refractivity contribution in [1.82, 2.24) is 15.3 Å². The second kappa shape index (κ2) is 6.29. The molecule has 3 aromatic rings. The van der Waals surface area contributed by atoms with Crippen molar-refractivity contribution in [1.29, 1.82) is 0 Å². The Kier molecular flexibility index (Phi) is 4.20. The molecule has 1 heterocycles. The first kappa shape index (κ1) is 15.4. The SMILES string of the molecule is O=C(NCCc1ccc(F)cc1)c1cc(F)cc2[nH]c(=S)[nH]c12. The van der Waals surface area contributed by atoms with Crippen LogP contribution in [0.1, 0.15) is 15.9 Å². The molecule has 0 aliphatic carbocycles. The smallest absolute Gasteiger partial charge is 0.253 e. The molecule has 0 bridgehead atoms. The predicted molar refractivity (Wildman–Crippen MR) is 85.9 cm³/mol. The number of hydrogen-bond acceptors (Lipinski definition) is 2. The van der Waals surface area contributed by atoms with E-state index in [1.54, 1.807) is 12.1 Å². The van der Waals surface area contributed by atoms with E-state index in [0.717, 1.165) is 11.6 Å². The summed E-state index contributed by atoms with van der Waals surface area (Å²) in [4.78, 5) is 17.9. The Morgan fingerprint density at radius 3 is 2.57 bits per heavy atom. The van der Waals surface area contributed by atoms with Crippen LogP contribution in [-0.4, -0.2) is 22.4 Å². The minimum absolute atomic E-state index is 0.187. The molecule has 1 amide bonds. The predicted octanol–water partition coefficient (Wildman–Crippen LogP) is 3.48. The molecule has 0 unspecified atom stereocenters. The van der Waals surface area contributed by atoms with Gasteiger partial charge in [-0.1, -0.05) is 12.1 Å². The fraction of sp³-hybridized carbons (Fsp3) is 0.125. The van der Waals surface area contributed by atoms with Crippen LogP contribution in [0.15, 0.2) is 36.4 Å². The number of carbonyl (C=O) groups excluding carboxylic acids is 1. The molecule has 23 heavy (non-hydrogen) atoms. The minimum Gasteiger partial charge on any atom is -0.352 e. The highest BCUT2D eigenvalue weighted by molar-refractivity contribution is 7.71. The lowest BCUT2D eigenvalue weighted by atomic mass is 10.1. The van der Waals surface area contributed by atoms with Gasteiger partial charge in [0.05, 0.1) is 16.6 Å². The lowest BCUT2D eigenvalue weighted by Gasteiger charge is -2.07. The second-order valence-electron chi connectivity index (χ2n) is 5.09. The fourth-order valence-electron chi connectivity index (χ4n) is 2.35. The first-order chi connectivity index (χ1) is 11.0. The average Bonchev–Trinajstić information content (AvgIpc) is 2.88. The number of rotatable bonds is 4. The zero-order valence-electron chi connectivity index (χ0n) is 12.0. The molecule has 3 N–H and O–H groups in total. The number of H-pyrrole nitrogens is 2. The number of carbonyl (C=O) groups is 1. The van der Waals surface area contributed by atoms with E-state index in [9.17, 15) is 13.6 Å². The highest BCUT2D eigenvalue weighted by Crippen LogP contribution is 2.17. The molecular formula is C16H13F2N3OS. The summed E-state index contributed by atoms with van der Waals surface area (Å²) in [7, 11) is 0. The van der Waals surface area contributed by atoms with Gasteiger partial charge in [0.25, 0.3) is 5.91 Å². The number of hydrogen-bond donors (Lipinski definition) is 3. The highest BCUT2D eigenvalue weighted by Gasteiger charge is 2.13. The second-order valence-corrected chi connectivity index (χ2v) is 5.50. The van der Waals surface area contributed by atoms with Crippen molar-refractivity contribution >= 4 is 29.2 Å². The fourth-order valence-corrected chi connectivity index (χ4v) is 2.56. The summed E-state index contributed by atoms with van der Waals surface area (Å²) in [5.41, 5.74) is 2.00. The first-order valence-electron chi connectivity index (χ1n) is 6.97. The van der Waals surface area contributed by atoms with E-state index in [0.29, 0.717) is 28.8 Å². The number of aromatic nitrogens is 2. The molecule has 0 saturated heterocycles. The molecule has 7 heteroatoms. The number of amides is 1. The van der Waals surface area contributed by atoms with E-state index in [1.165, 1.54) is 18.2 Å². The van der Waals surface area contributed by atoms with Gasteiger partial charge >= 0.3 is 0 Å². The third kappa shape index (κ3) is 3.45. The lowest BCUT2D eigenvalue weighted by molar-refractivity contribution is 0.0955. The largest absolute Gasteiger partial charge is 0.352 e. The van der Waals surface area contributed by atoms with Gasteiger partial charge in [-0.25, -0.2) is 8.78 Å². The topological polar surface area (TPSA) is 60.7 Å². The summed E-state index contributed by atoms with van der Waals surface area (Å²) in [5.74, 6) is -1.23. The third-order valence-corrected chi connectivity index (χ3v) is 3.65.